The number of benzene rings is 2. The minimum atomic E-state index is -0.147. The Kier molecular flexibility index (Phi) is 7.81. The third-order valence-corrected chi connectivity index (χ3v) is 6.14. The predicted molar refractivity (Wildman–Crippen MR) is 128 cm³/mol. The molecule has 0 radical (unpaired) electrons. The SMILES string of the molecule is COCCn1nnnc1C(c1ccc(OC)c(OC)c1)N1CCN(c2ccccc2OC)CC1. The van der Waals surface area contributed by atoms with Crippen molar-refractivity contribution in [3.05, 3.63) is 53.9 Å². The molecule has 0 amide bonds. The molecule has 0 saturated carbocycles. The molecule has 1 atom stereocenters. The highest BCUT2D eigenvalue weighted by Crippen LogP contribution is 2.36. The summed E-state index contributed by atoms with van der Waals surface area (Å²) in [6.45, 7) is 4.46. The van der Waals surface area contributed by atoms with Crippen LogP contribution in [-0.2, 0) is 11.3 Å². The van der Waals surface area contributed by atoms with Gasteiger partial charge in [-0.2, -0.15) is 0 Å². The first-order valence-electron chi connectivity index (χ1n) is 11.3. The van der Waals surface area contributed by atoms with Crippen LogP contribution in [0.15, 0.2) is 42.5 Å². The normalized spacial score (nSPS) is 15.2. The zero-order valence-corrected chi connectivity index (χ0v) is 20.2. The minimum Gasteiger partial charge on any atom is -0.495 e. The summed E-state index contributed by atoms with van der Waals surface area (Å²) in [5, 5.41) is 12.6. The van der Waals surface area contributed by atoms with E-state index in [9.17, 15) is 0 Å². The molecule has 10 heteroatoms. The molecule has 10 nitrogen and oxygen atoms in total. The molecular weight excluding hydrogens is 436 g/mol. The summed E-state index contributed by atoms with van der Waals surface area (Å²) in [5.41, 5.74) is 2.15. The lowest BCUT2D eigenvalue weighted by molar-refractivity contribution is 0.171. The highest BCUT2D eigenvalue weighted by Gasteiger charge is 2.32. The average Bonchev–Trinajstić information content (AvgIpc) is 3.35. The number of aromatic nitrogens is 4. The zero-order chi connectivity index (χ0) is 23.9. The van der Waals surface area contributed by atoms with Crippen LogP contribution >= 0.6 is 0 Å². The lowest BCUT2D eigenvalue weighted by Gasteiger charge is -2.40. The number of methoxy groups -OCH3 is 4. The number of ether oxygens (including phenoxy) is 4. The quantitative estimate of drug-likeness (QED) is 0.445. The maximum absolute atomic E-state index is 5.58. The van der Waals surface area contributed by atoms with Crippen molar-refractivity contribution in [3.8, 4) is 17.2 Å². The summed E-state index contributed by atoms with van der Waals surface area (Å²) >= 11 is 0. The molecule has 182 valence electrons. The molecule has 34 heavy (non-hydrogen) atoms. The van der Waals surface area contributed by atoms with Crippen LogP contribution in [0.25, 0.3) is 0 Å². The van der Waals surface area contributed by atoms with Gasteiger partial charge in [0.15, 0.2) is 17.3 Å². The van der Waals surface area contributed by atoms with Crippen LogP contribution < -0.4 is 19.1 Å². The maximum atomic E-state index is 5.58. The Labute approximate surface area is 200 Å². The summed E-state index contributed by atoms with van der Waals surface area (Å²) < 4.78 is 23.7. The maximum Gasteiger partial charge on any atom is 0.173 e. The lowest BCUT2D eigenvalue weighted by Crippen LogP contribution is -2.48. The van der Waals surface area contributed by atoms with Crippen molar-refractivity contribution in [2.75, 3.05) is 66.1 Å². The Bertz CT molecular complexity index is 1070. The average molecular weight is 469 g/mol. The van der Waals surface area contributed by atoms with Gasteiger partial charge in [-0.05, 0) is 40.3 Å². The summed E-state index contributed by atoms with van der Waals surface area (Å²) in [6.07, 6.45) is 0. The van der Waals surface area contributed by atoms with Gasteiger partial charge in [0.2, 0.25) is 0 Å². The smallest absolute Gasteiger partial charge is 0.173 e. The zero-order valence-electron chi connectivity index (χ0n) is 20.2. The molecule has 1 unspecified atom stereocenters. The third-order valence-electron chi connectivity index (χ3n) is 6.14. The largest absolute Gasteiger partial charge is 0.495 e. The molecular formula is C24H32N6O4. The number of hydrogen-bond acceptors (Lipinski definition) is 9. The van der Waals surface area contributed by atoms with E-state index in [0.29, 0.717) is 24.7 Å². The molecule has 1 fully saturated rings. The van der Waals surface area contributed by atoms with E-state index in [1.807, 2.05) is 41.1 Å². The second-order valence-corrected chi connectivity index (χ2v) is 7.96. The van der Waals surface area contributed by atoms with Crippen LogP contribution in [0.1, 0.15) is 17.4 Å². The first-order chi connectivity index (χ1) is 16.7. The fraction of sp³-hybridized carbons (Fsp3) is 0.458. The Hall–Kier alpha value is -3.37. The van der Waals surface area contributed by atoms with Gasteiger partial charge in [0.1, 0.15) is 5.75 Å². The minimum absolute atomic E-state index is 0.147. The predicted octanol–water partition coefficient (Wildman–Crippen LogP) is 2.26. The number of piperazine rings is 1. The summed E-state index contributed by atoms with van der Waals surface area (Å²) in [5.74, 6) is 3.02. The third kappa shape index (κ3) is 4.92. The molecule has 1 aromatic heterocycles. The van der Waals surface area contributed by atoms with Crippen molar-refractivity contribution in [2.45, 2.75) is 12.6 Å². The van der Waals surface area contributed by atoms with E-state index in [1.54, 1.807) is 28.4 Å². The summed E-state index contributed by atoms with van der Waals surface area (Å²) in [4.78, 5) is 4.76. The van der Waals surface area contributed by atoms with Gasteiger partial charge < -0.3 is 23.8 Å². The topological polar surface area (TPSA) is 87.0 Å². The first-order valence-corrected chi connectivity index (χ1v) is 11.3. The van der Waals surface area contributed by atoms with E-state index >= 15 is 0 Å². The summed E-state index contributed by atoms with van der Waals surface area (Å²) in [6, 6.07) is 14.0. The fourth-order valence-corrected chi connectivity index (χ4v) is 4.40. The van der Waals surface area contributed by atoms with Crippen molar-refractivity contribution < 1.29 is 18.9 Å². The molecule has 0 bridgehead atoms. The van der Waals surface area contributed by atoms with Gasteiger partial charge in [-0.25, -0.2) is 4.68 Å². The Morgan fingerprint density at radius 1 is 0.853 bits per heavy atom. The Morgan fingerprint density at radius 2 is 1.59 bits per heavy atom. The van der Waals surface area contributed by atoms with Crippen molar-refractivity contribution in [1.82, 2.24) is 25.1 Å². The van der Waals surface area contributed by atoms with Crippen LogP contribution in [0, 0.1) is 0 Å². The van der Waals surface area contributed by atoms with Gasteiger partial charge in [-0.15, -0.1) is 5.10 Å². The van der Waals surface area contributed by atoms with Crippen molar-refractivity contribution in [1.29, 1.82) is 0 Å². The van der Waals surface area contributed by atoms with E-state index in [0.717, 1.165) is 49.0 Å². The second-order valence-electron chi connectivity index (χ2n) is 7.96. The number of rotatable bonds is 10. The molecule has 2 heterocycles. The van der Waals surface area contributed by atoms with E-state index < -0.39 is 0 Å². The van der Waals surface area contributed by atoms with Gasteiger partial charge in [-0.3, -0.25) is 4.90 Å². The fourth-order valence-electron chi connectivity index (χ4n) is 4.40. The van der Waals surface area contributed by atoms with Crippen LogP contribution in [-0.4, -0.2) is 86.3 Å². The van der Waals surface area contributed by atoms with Crippen LogP contribution in [0.2, 0.25) is 0 Å². The van der Waals surface area contributed by atoms with E-state index in [-0.39, 0.29) is 6.04 Å². The van der Waals surface area contributed by atoms with Crippen molar-refractivity contribution in [2.24, 2.45) is 0 Å². The van der Waals surface area contributed by atoms with E-state index in [1.165, 1.54) is 0 Å². The highest BCUT2D eigenvalue weighted by atomic mass is 16.5. The number of tetrazole rings is 1. The van der Waals surface area contributed by atoms with Gasteiger partial charge >= 0.3 is 0 Å². The highest BCUT2D eigenvalue weighted by molar-refractivity contribution is 5.58. The Morgan fingerprint density at radius 3 is 2.29 bits per heavy atom. The molecule has 0 N–H and O–H groups in total. The van der Waals surface area contributed by atoms with Crippen LogP contribution in [0.4, 0.5) is 5.69 Å². The van der Waals surface area contributed by atoms with Gasteiger partial charge in [0, 0.05) is 33.3 Å². The molecule has 1 saturated heterocycles. The number of hydrogen-bond donors (Lipinski definition) is 0. The monoisotopic (exact) mass is 468 g/mol. The molecule has 0 spiro atoms. The van der Waals surface area contributed by atoms with Crippen molar-refractivity contribution >= 4 is 5.69 Å². The Balaban J connectivity index is 1.64. The molecule has 2 aromatic carbocycles. The molecule has 4 rings (SSSR count). The number of anilines is 1. The van der Waals surface area contributed by atoms with Crippen LogP contribution in [0.5, 0.6) is 17.2 Å². The molecule has 1 aliphatic rings. The second kappa shape index (κ2) is 11.2. The molecule has 1 aliphatic heterocycles. The molecule has 3 aromatic rings. The van der Waals surface area contributed by atoms with Gasteiger partial charge in [-0.1, -0.05) is 18.2 Å². The molecule has 0 aliphatic carbocycles. The standard InChI is InChI=1S/C24H32N6O4/c1-31-16-15-30-24(25-26-27-30)23(18-9-10-21(33-3)22(17-18)34-4)29-13-11-28(12-14-29)19-7-5-6-8-20(19)32-2/h5-10,17,23H,11-16H2,1-4H3. The van der Waals surface area contributed by atoms with E-state index in [4.69, 9.17) is 18.9 Å². The lowest BCUT2D eigenvalue weighted by atomic mass is 10.0. The summed E-state index contributed by atoms with van der Waals surface area (Å²) in [7, 11) is 6.66. The number of para-hydroxylation sites is 2. The van der Waals surface area contributed by atoms with E-state index in [2.05, 4.69) is 31.4 Å². The van der Waals surface area contributed by atoms with Crippen molar-refractivity contribution in [3.63, 3.8) is 0 Å². The van der Waals surface area contributed by atoms with Gasteiger partial charge in [0.05, 0.1) is 46.2 Å². The van der Waals surface area contributed by atoms with Gasteiger partial charge in [0.25, 0.3) is 0 Å². The number of nitrogens with zero attached hydrogens (tertiary/aromatic N) is 6. The first kappa shape index (κ1) is 23.8. The van der Waals surface area contributed by atoms with Crippen LogP contribution in [0.3, 0.4) is 0 Å².